The second-order valence-corrected chi connectivity index (χ2v) is 3.67. The first-order valence-electron chi connectivity index (χ1n) is 2.00. The molecule has 0 unspecified atom stereocenters. The van der Waals surface area contributed by atoms with Gasteiger partial charge in [0.25, 0.3) is 0 Å². The minimum Gasteiger partial charge on any atom is -0.759 e. The summed E-state index contributed by atoms with van der Waals surface area (Å²) in [7, 11) is -15.5. The van der Waals surface area contributed by atoms with Gasteiger partial charge in [-0.2, -0.15) is 0 Å². The molecule has 24 nitrogen and oxygen atoms in total. The van der Waals surface area contributed by atoms with Crippen LogP contribution in [-0.4, -0.2) is 74.5 Å². The zero-order valence-electron chi connectivity index (χ0n) is 13.4. The van der Waals surface area contributed by atoms with Gasteiger partial charge in [-0.3, -0.25) is 25.3 Å². The van der Waals surface area contributed by atoms with Gasteiger partial charge >= 0.3 is 33.6 Å². The summed E-state index contributed by atoms with van der Waals surface area (Å²) in [5.41, 5.74) is 0. The maximum atomic E-state index is 8.52. The molecule has 0 amide bonds. The maximum Gasteiger partial charge on any atom is 3.00 e. The van der Waals surface area contributed by atoms with Crippen LogP contribution in [0, 0.1) is 0 Å². The molecule has 29 heavy (non-hydrogen) atoms. The fourth-order valence-corrected chi connectivity index (χ4v) is 0. The van der Waals surface area contributed by atoms with E-state index in [1.807, 2.05) is 0 Å². The number of rotatable bonds is 0. The molecule has 0 atom stereocenters. The van der Waals surface area contributed by atoms with Crippen molar-refractivity contribution in [3.05, 3.63) is 49.2 Å². The molecule has 24 N–H and O–H groups in total. The molecule has 0 heterocycles. The molecule has 0 aromatic carbocycles. The van der Waals surface area contributed by atoms with Crippen LogP contribution in [-0.2, 0) is 64.8 Å². The largest absolute Gasteiger partial charge is 3.00 e. The van der Waals surface area contributed by atoms with Crippen molar-refractivity contribution in [1.82, 2.24) is 0 Å². The molecular formula is H24Co2N8O16S3-8. The SMILES string of the molecule is O.O.O.O.O=S(=O)([O-])[O-].O=S(=O)([O-])[O-].O=S(=O)([O-])[O-].[Co+3].[Co+3].[NH2-].[NH2-].[NH2-].[NH2-].[NH2-].[NH2-].[NH2-].[NH2-]. The predicted octanol–water partition coefficient (Wildman–Crippen LogP) is -1.58. The molecule has 0 aliphatic heterocycles. The molecule has 29 heteroatoms. The fraction of sp³-hybridized carbons (Fsp3) is 0. The van der Waals surface area contributed by atoms with Gasteiger partial charge in [0.15, 0.2) is 0 Å². The van der Waals surface area contributed by atoms with E-state index in [-0.39, 0.29) is 105 Å². The summed E-state index contributed by atoms with van der Waals surface area (Å²) in [5, 5.41) is 0. The molecule has 0 radical (unpaired) electrons. The van der Waals surface area contributed by atoms with Gasteiger partial charge in [-0.25, -0.2) is 0 Å². The Morgan fingerprint density at radius 1 is 0.310 bits per heavy atom. The van der Waals surface area contributed by atoms with Crippen molar-refractivity contribution in [2.75, 3.05) is 0 Å². The summed E-state index contributed by atoms with van der Waals surface area (Å²) in [4.78, 5) is 0. The van der Waals surface area contributed by atoms with Crippen LogP contribution in [0.15, 0.2) is 0 Å². The Bertz CT molecular complexity index is 367. The van der Waals surface area contributed by atoms with Gasteiger partial charge in [-0.05, 0) is 0 Å². The second kappa shape index (κ2) is 63.0. The van der Waals surface area contributed by atoms with Crippen LogP contribution in [0.4, 0.5) is 0 Å². The third-order valence-corrected chi connectivity index (χ3v) is 0. The van der Waals surface area contributed by atoms with Crippen molar-refractivity contribution in [2.24, 2.45) is 0 Å². The Kier molecular flexibility index (Phi) is 340. The zero-order chi connectivity index (χ0) is 13.5. The minimum absolute atomic E-state index is 0. The Balaban J connectivity index is -0.00000000400. The van der Waals surface area contributed by atoms with Crippen LogP contribution in [0.5, 0.6) is 0 Å². The Morgan fingerprint density at radius 2 is 0.310 bits per heavy atom. The van der Waals surface area contributed by atoms with E-state index >= 15 is 0 Å². The topological polar surface area (TPSA) is 635 Å². The first-order chi connectivity index (χ1) is 6.00. The van der Waals surface area contributed by atoms with Crippen molar-refractivity contribution in [3.63, 3.8) is 0 Å². The summed E-state index contributed by atoms with van der Waals surface area (Å²) in [6, 6.07) is 0. The molecule has 0 spiro atoms. The van der Waals surface area contributed by atoms with E-state index in [4.69, 9.17) is 52.6 Å². The maximum absolute atomic E-state index is 8.52. The summed E-state index contributed by atoms with van der Waals surface area (Å²) < 4.78 is 102. The minimum atomic E-state index is -5.17. The quantitative estimate of drug-likeness (QED) is 0.223. The van der Waals surface area contributed by atoms with Crippen molar-refractivity contribution in [2.45, 2.75) is 0 Å². The van der Waals surface area contributed by atoms with E-state index in [1.165, 1.54) is 0 Å². The van der Waals surface area contributed by atoms with Crippen molar-refractivity contribution in [1.29, 1.82) is 0 Å². The predicted molar refractivity (Wildman–Crippen MR) is 88.2 cm³/mol. The van der Waals surface area contributed by atoms with E-state index in [0.717, 1.165) is 0 Å². The zero-order valence-corrected chi connectivity index (χ0v) is 17.9. The number of hydrogen-bond donors (Lipinski definition) is 0. The molecule has 0 saturated heterocycles. The molecule has 0 bridgehead atoms. The van der Waals surface area contributed by atoms with Crippen molar-refractivity contribution in [3.8, 4) is 0 Å². The van der Waals surface area contributed by atoms with Crippen LogP contribution in [0.25, 0.3) is 49.2 Å². The van der Waals surface area contributed by atoms with E-state index in [9.17, 15) is 0 Å². The van der Waals surface area contributed by atoms with Crippen LogP contribution in [0.2, 0.25) is 0 Å². The monoisotopic (exact) mass is 606 g/mol. The van der Waals surface area contributed by atoms with E-state index in [0.29, 0.717) is 0 Å². The first kappa shape index (κ1) is 157. The van der Waals surface area contributed by atoms with E-state index in [2.05, 4.69) is 0 Å². The summed E-state index contributed by atoms with van der Waals surface area (Å²) in [5.74, 6) is 0. The smallest absolute Gasteiger partial charge is 0.759 e. The van der Waals surface area contributed by atoms with Crippen LogP contribution in [0.3, 0.4) is 0 Å². The van der Waals surface area contributed by atoms with Crippen LogP contribution < -0.4 is 0 Å². The van der Waals surface area contributed by atoms with E-state index < -0.39 is 31.2 Å². The van der Waals surface area contributed by atoms with Crippen molar-refractivity contribution < 1.29 is 108 Å². The van der Waals surface area contributed by atoms with Gasteiger partial charge in [-0.15, -0.1) is 0 Å². The Labute approximate surface area is 188 Å². The third-order valence-electron chi connectivity index (χ3n) is 0. The standard InChI is InChI=1S/2Co.8H2N.3H2O4S.4H2O/c;;;;;;;;;;3*1-5(2,3)4;;;;/h;;8*1H2;3*(H2,1,2,3,4);4*1H2/q2*+3;8*-1;;;;;;;/p-6. The summed E-state index contributed by atoms with van der Waals surface area (Å²) in [6.45, 7) is 0. The second-order valence-electron chi connectivity index (χ2n) is 1.22. The van der Waals surface area contributed by atoms with Crippen molar-refractivity contribution >= 4 is 31.2 Å². The number of nitrogens with two attached hydrogens (primary N) is 8. The molecular weight excluding hydrogens is 582 g/mol. The average Bonchev–Trinajstić information content (AvgIpc) is 1.41. The molecule has 0 aromatic rings. The third kappa shape index (κ3) is 941000. The van der Waals surface area contributed by atoms with Crippen LogP contribution >= 0.6 is 0 Å². The summed E-state index contributed by atoms with van der Waals surface area (Å²) >= 11 is 0. The van der Waals surface area contributed by atoms with Gasteiger partial charge in [0.2, 0.25) is 0 Å². The van der Waals surface area contributed by atoms with Crippen LogP contribution in [0.1, 0.15) is 0 Å². The van der Waals surface area contributed by atoms with E-state index in [1.54, 1.807) is 0 Å². The van der Waals surface area contributed by atoms with Gasteiger partial charge in [0.05, 0.1) is 0 Å². The summed E-state index contributed by atoms with van der Waals surface area (Å²) in [6.07, 6.45) is 0. The van der Waals surface area contributed by atoms with Gasteiger partial charge in [-0.1, -0.05) is 0 Å². The fourth-order valence-electron chi connectivity index (χ4n) is 0. The molecule has 0 fully saturated rings. The first-order valence-corrected chi connectivity index (χ1v) is 6.00. The Morgan fingerprint density at radius 3 is 0.310 bits per heavy atom. The van der Waals surface area contributed by atoms with Gasteiger partial charge in [0, 0.05) is 31.2 Å². The molecule has 204 valence electrons. The average molecular weight is 606 g/mol. The molecule has 0 aromatic heterocycles. The normalized spacial score (nSPS) is 6.00. The van der Waals surface area contributed by atoms with Gasteiger partial charge < -0.3 is 98.4 Å². The molecule has 0 aliphatic rings. The molecule has 0 rings (SSSR count). The molecule has 0 saturated carbocycles. The Hall–Kier alpha value is 0.143. The number of hydrogen-bond acceptors (Lipinski definition) is 12. The molecule has 0 aliphatic carbocycles. The van der Waals surface area contributed by atoms with Gasteiger partial charge in [0.1, 0.15) is 0 Å².